The van der Waals surface area contributed by atoms with Crippen molar-refractivity contribution >= 4 is 27.5 Å². The number of sulfonamides is 1. The van der Waals surface area contributed by atoms with Crippen molar-refractivity contribution in [2.24, 2.45) is 5.41 Å². The van der Waals surface area contributed by atoms with Crippen LogP contribution in [0, 0.1) is 11.2 Å². The Labute approximate surface area is 189 Å². The number of nitrogens with one attached hydrogen (secondary N) is 1. The predicted molar refractivity (Wildman–Crippen MR) is 115 cm³/mol. The molecule has 0 aliphatic heterocycles. The van der Waals surface area contributed by atoms with Gasteiger partial charge in [0.15, 0.2) is 5.82 Å². The van der Waals surface area contributed by atoms with E-state index in [0.717, 1.165) is 25.0 Å². The number of amides is 1. The van der Waals surface area contributed by atoms with E-state index in [0.29, 0.717) is 18.3 Å². The molecule has 0 unspecified atom stereocenters. The molecule has 3 aromatic rings. The van der Waals surface area contributed by atoms with Gasteiger partial charge in [0, 0.05) is 17.7 Å². The summed E-state index contributed by atoms with van der Waals surface area (Å²) in [7, 11) is -4.28. The quantitative estimate of drug-likeness (QED) is 0.519. The first-order chi connectivity index (χ1) is 15.2. The van der Waals surface area contributed by atoms with Crippen molar-refractivity contribution in [3.63, 3.8) is 0 Å². The first-order valence-electron chi connectivity index (χ1n) is 9.83. The SMILES string of the molecule is CC1(COc2ccn(-c3ccc(C(=O)NS(=O)(=O)c4cccc(F)c4)c(Cl)n3)n2)CCC1. The molecule has 1 fully saturated rings. The Balaban J connectivity index is 1.47. The topological polar surface area (TPSA) is 103 Å². The molecule has 2 heterocycles. The summed E-state index contributed by atoms with van der Waals surface area (Å²) in [5.74, 6) is -0.964. The highest BCUT2D eigenvalue weighted by Gasteiger charge is 2.32. The number of nitrogens with zero attached hydrogens (tertiary/aromatic N) is 3. The fraction of sp³-hybridized carbons (Fsp3) is 0.286. The first-order valence-corrected chi connectivity index (χ1v) is 11.7. The zero-order valence-corrected chi connectivity index (χ0v) is 18.7. The lowest BCUT2D eigenvalue weighted by Crippen LogP contribution is -2.32. The van der Waals surface area contributed by atoms with Gasteiger partial charge < -0.3 is 4.74 Å². The van der Waals surface area contributed by atoms with Crippen molar-refractivity contribution in [2.45, 2.75) is 31.1 Å². The van der Waals surface area contributed by atoms with E-state index in [9.17, 15) is 17.6 Å². The molecule has 1 amide bonds. The number of halogens is 2. The molecule has 8 nitrogen and oxygen atoms in total. The number of hydrogen-bond donors (Lipinski definition) is 1. The summed E-state index contributed by atoms with van der Waals surface area (Å²) in [5, 5.41) is 4.09. The fourth-order valence-corrected chi connectivity index (χ4v) is 4.51. The molecular formula is C21H20ClFN4O4S. The number of aromatic nitrogens is 3. The van der Waals surface area contributed by atoms with Gasteiger partial charge in [-0.25, -0.2) is 27.2 Å². The summed E-state index contributed by atoms with van der Waals surface area (Å²) in [6.45, 7) is 2.75. The Kier molecular flexibility index (Phi) is 5.91. The maximum atomic E-state index is 13.3. The summed E-state index contributed by atoms with van der Waals surface area (Å²) < 4.78 is 47.1. The lowest BCUT2D eigenvalue weighted by Gasteiger charge is -2.37. The third-order valence-electron chi connectivity index (χ3n) is 5.34. The Morgan fingerprint density at radius 3 is 2.72 bits per heavy atom. The number of benzene rings is 1. The highest BCUT2D eigenvalue weighted by molar-refractivity contribution is 7.90. The molecule has 168 valence electrons. The standard InChI is InChI=1S/C21H20ClFN4O4S/c1-21(9-3-10-21)13-31-18-8-11-27(25-18)17-7-6-16(19(22)24-17)20(28)26-32(29,30)15-5-2-4-14(23)12-15/h2,4-8,11-12H,3,9-10,13H2,1H3,(H,26,28). The molecule has 1 aliphatic carbocycles. The number of carbonyl (C=O) groups is 1. The Morgan fingerprint density at radius 2 is 2.06 bits per heavy atom. The Morgan fingerprint density at radius 1 is 1.28 bits per heavy atom. The van der Waals surface area contributed by atoms with Crippen LogP contribution in [0.1, 0.15) is 36.5 Å². The molecule has 1 aromatic carbocycles. The smallest absolute Gasteiger partial charge is 0.268 e. The van der Waals surface area contributed by atoms with E-state index in [1.54, 1.807) is 12.3 Å². The molecule has 1 aliphatic rings. The molecule has 0 saturated heterocycles. The van der Waals surface area contributed by atoms with E-state index in [1.165, 1.54) is 35.4 Å². The summed E-state index contributed by atoms with van der Waals surface area (Å²) >= 11 is 6.13. The minimum absolute atomic E-state index is 0.156. The van der Waals surface area contributed by atoms with Gasteiger partial charge in [-0.3, -0.25) is 4.79 Å². The van der Waals surface area contributed by atoms with E-state index in [2.05, 4.69) is 17.0 Å². The third-order valence-corrected chi connectivity index (χ3v) is 6.96. The lowest BCUT2D eigenvalue weighted by atomic mass is 9.71. The number of pyridine rings is 1. The van der Waals surface area contributed by atoms with Crippen molar-refractivity contribution in [2.75, 3.05) is 6.61 Å². The second kappa shape index (κ2) is 8.51. The van der Waals surface area contributed by atoms with Crippen LogP contribution in [-0.4, -0.2) is 35.7 Å². The van der Waals surface area contributed by atoms with Crippen LogP contribution in [0.15, 0.2) is 53.6 Å². The average Bonchev–Trinajstić information content (AvgIpc) is 3.19. The van der Waals surface area contributed by atoms with Gasteiger partial charge in [-0.1, -0.05) is 31.0 Å². The molecule has 0 spiro atoms. The molecule has 0 atom stereocenters. The highest BCUT2D eigenvalue weighted by atomic mass is 35.5. The van der Waals surface area contributed by atoms with Gasteiger partial charge in [0.2, 0.25) is 5.88 Å². The van der Waals surface area contributed by atoms with Gasteiger partial charge in [0.1, 0.15) is 11.0 Å². The number of rotatable bonds is 7. The zero-order valence-electron chi connectivity index (χ0n) is 17.1. The van der Waals surface area contributed by atoms with Crippen molar-refractivity contribution in [3.8, 4) is 11.7 Å². The van der Waals surface area contributed by atoms with Crippen LogP contribution in [0.4, 0.5) is 4.39 Å². The average molecular weight is 479 g/mol. The summed E-state index contributed by atoms with van der Waals surface area (Å²) in [4.78, 5) is 16.2. The van der Waals surface area contributed by atoms with Crippen LogP contribution in [0.25, 0.3) is 5.82 Å². The fourth-order valence-electron chi connectivity index (χ4n) is 3.28. The van der Waals surface area contributed by atoms with Gasteiger partial charge in [-0.05, 0) is 43.2 Å². The van der Waals surface area contributed by atoms with E-state index in [1.807, 2.05) is 4.72 Å². The van der Waals surface area contributed by atoms with Gasteiger partial charge in [-0.2, -0.15) is 0 Å². The molecule has 1 saturated carbocycles. The molecule has 2 aromatic heterocycles. The zero-order chi connectivity index (χ0) is 22.9. The van der Waals surface area contributed by atoms with Crippen molar-refractivity contribution in [1.82, 2.24) is 19.5 Å². The molecule has 1 N–H and O–H groups in total. The van der Waals surface area contributed by atoms with Gasteiger partial charge >= 0.3 is 0 Å². The minimum Gasteiger partial charge on any atom is -0.476 e. The molecule has 32 heavy (non-hydrogen) atoms. The molecule has 11 heteroatoms. The second-order valence-electron chi connectivity index (χ2n) is 7.95. The first kappa shape index (κ1) is 22.2. The summed E-state index contributed by atoms with van der Waals surface area (Å²) in [6, 6.07) is 8.81. The monoisotopic (exact) mass is 478 g/mol. The minimum atomic E-state index is -4.28. The van der Waals surface area contributed by atoms with E-state index in [-0.39, 0.29) is 21.0 Å². The Bertz CT molecular complexity index is 1270. The van der Waals surface area contributed by atoms with Gasteiger partial charge in [0.25, 0.3) is 15.9 Å². The maximum absolute atomic E-state index is 13.3. The van der Waals surface area contributed by atoms with E-state index >= 15 is 0 Å². The second-order valence-corrected chi connectivity index (χ2v) is 9.99. The molecular weight excluding hydrogens is 459 g/mol. The van der Waals surface area contributed by atoms with Gasteiger partial charge in [-0.15, -0.1) is 5.10 Å². The Hall–Kier alpha value is -2.98. The van der Waals surface area contributed by atoms with Crippen LogP contribution < -0.4 is 9.46 Å². The van der Waals surface area contributed by atoms with Crippen LogP contribution in [0.5, 0.6) is 5.88 Å². The van der Waals surface area contributed by atoms with Crippen LogP contribution >= 0.6 is 11.6 Å². The van der Waals surface area contributed by atoms with E-state index < -0.39 is 21.7 Å². The van der Waals surface area contributed by atoms with E-state index in [4.69, 9.17) is 16.3 Å². The number of carbonyl (C=O) groups excluding carboxylic acids is 1. The van der Waals surface area contributed by atoms with Crippen molar-refractivity contribution in [3.05, 3.63) is 65.2 Å². The normalized spacial score (nSPS) is 15.1. The van der Waals surface area contributed by atoms with Crippen molar-refractivity contribution < 1.29 is 22.3 Å². The number of hydrogen-bond acceptors (Lipinski definition) is 6. The van der Waals surface area contributed by atoms with Crippen molar-refractivity contribution in [1.29, 1.82) is 0 Å². The van der Waals surface area contributed by atoms with Crippen LogP contribution in [0.3, 0.4) is 0 Å². The lowest BCUT2D eigenvalue weighted by molar-refractivity contribution is 0.0747. The highest BCUT2D eigenvalue weighted by Crippen LogP contribution is 2.40. The maximum Gasteiger partial charge on any atom is 0.268 e. The molecule has 4 rings (SSSR count). The third kappa shape index (κ3) is 4.76. The molecule has 0 bridgehead atoms. The van der Waals surface area contributed by atoms with Gasteiger partial charge in [0.05, 0.1) is 17.1 Å². The molecule has 0 radical (unpaired) electrons. The predicted octanol–water partition coefficient (Wildman–Crippen LogP) is 3.75. The number of ether oxygens (including phenoxy) is 1. The summed E-state index contributed by atoms with van der Waals surface area (Å²) in [6.07, 6.45) is 5.11. The van der Waals surface area contributed by atoms with Crippen LogP contribution in [0.2, 0.25) is 5.15 Å². The summed E-state index contributed by atoms with van der Waals surface area (Å²) in [5.41, 5.74) is 0.0311. The van der Waals surface area contributed by atoms with Crippen LogP contribution in [-0.2, 0) is 10.0 Å². The largest absolute Gasteiger partial charge is 0.476 e.